The highest BCUT2D eigenvalue weighted by Crippen LogP contribution is 2.25. The Morgan fingerprint density at radius 2 is 2.47 bits per heavy atom. The van der Waals surface area contributed by atoms with E-state index >= 15 is 0 Å². The maximum Gasteiger partial charge on any atom is 0.265 e. The second-order valence-electron chi connectivity index (χ2n) is 3.90. The van der Waals surface area contributed by atoms with Crippen molar-refractivity contribution in [2.45, 2.75) is 25.8 Å². The van der Waals surface area contributed by atoms with Crippen LogP contribution in [0.25, 0.3) is 0 Å². The zero-order valence-corrected chi connectivity index (χ0v) is 11.5. The fourth-order valence-corrected chi connectivity index (χ4v) is 2.48. The first-order chi connectivity index (χ1) is 9.26. The van der Waals surface area contributed by atoms with Crippen molar-refractivity contribution < 1.29 is 9.53 Å². The average molecular weight is 281 g/mol. The van der Waals surface area contributed by atoms with Crippen LogP contribution in [0.4, 0.5) is 0 Å². The number of ether oxygens (including phenoxy) is 1. The first-order valence-corrected chi connectivity index (χ1v) is 6.80. The Hall–Kier alpha value is -1.96. The van der Waals surface area contributed by atoms with E-state index in [1.54, 1.807) is 13.2 Å². The van der Waals surface area contributed by atoms with Gasteiger partial charge in [0.25, 0.3) is 5.91 Å². The summed E-state index contributed by atoms with van der Waals surface area (Å²) in [7, 11) is 1.54. The molecule has 2 aromatic rings. The monoisotopic (exact) mass is 281 g/mol. The van der Waals surface area contributed by atoms with Gasteiger partial charge < -0.3 is 10.1 Å². The summed E-state index contributed by atoms with van der Waals surface area (Å²) in [5.74, 6) is 0.881. The third kappa shape index (κ3) is 3.08. The third-order valence-electron chi connectivity index (χ3n) is 2.61. The number of aromatic amines is 1. The number of nitrogens with zero attached hydrogens (tertiary/aromatic N) is 3. The summed E-state index contributed by atoms with van der Waals surface area (Å²) in [5.41, 5.74) is 0. The summed E-state index contributed by atoms with van der Waals surface area (Å²) in [6.07, 6.45) is 1.65. The van der Waals surface area contributed by atoms with Crippen molar-refractivity contribution in [1.29, 1.82) is 0 Å². The van der Waals surface area contributed by atoms with Gasteiger partial charge in [0.15, 0.2) is 5.82 Å². The lowest BCUT2D eigenvalue weighted by Crippen LogP contribution is -2.29. The van der Waals surface area contributed by atoms with Crippen molar-refractivity contribution in [3.63, 3.8) is 0 Å². The van der Waals surface area contributed by atoms with Crippen molar-refractivity contribution in [2.75, 3.05) is 7.11 Å². The summed E-state index contributed by atoms with van der Waals surface area (Å²) < 4.78 is 5.14. The molecule has 7 nitrogen and oxygen atoms in total. The molecule has 0 radical (unpaired) electrons. The molecule has 0 saturated carbocycles. The zero-order valence-electron chi connectivity index (χ0n) is 10.7. The van der Waals surface area contributed by atoms with Crippen LogP contribution in [0.15, 0.2) is 11.4 Å². The van der Waals surface area contributed by atoms with Gasteiger partial charge in [0, 0.05) is 0 Å². The van der Waals surface area contributed by atoms with Gasteiger partial charge in [0.1, 0.15) is 10.6 Å². The van der Waals surface area contributed by atoms with Gasteiger partial charge in [-0.05, 0) is 17.9 Å². The quantitative estimate of drug-likeness (QED) is 0.837. The van der Waals surface area contributed by atoms with E-state index < -0.39 is 0 Å². The number of tetrazole rings is 1. The minimum absolute atomic E-state index is 0.185. The minimum Gasteiger partial charge on any atom is -0.495 e. The molecule has 0 aliphatic rings. The van der Waals surface area contributed by atoms with Crippen molar-refractivity contribution in [1.82, 2.24) is 25.9 Å². The maximum atomic E-state index is 12.2. The van der Waals surface area contributed by atoms with Gasteiger partial charge in [-0.25, -0.2) is 0 Å². The highest BCUT2D eigenvalue weighted by molar-refractivity contribution is 7.12. The molecule has 0 spiro atoms. The second-order valence-corrected chi connectivity index (χ2v) is 4.82. The standard InChI is InChI=1S/C11H15N5O2S/c1-3-4-7(10-13-15-16-14-10)12-11(17)9-8(18-2)5-6-19-9/h5-7H,3-4H2,1-2H3,(H,12,17)(H,13,14,15,16)/t7-/m1/s1. The molecule has 0 aliphatic heterocycles. The lowest BCUT2D eigenvalue weighted by Gasteiger charge is -2.14. The van der Waals surface area contributed by atoms with E-state index in [4.69, 9.17) is 4.74 Å². The summed E-state index contributed by atoms with van der Waals surface area (Å²) in [5, 5.41) is 18.5. The molecule has 0 saturated heterocycles. The Bertz CT molecular complexity index is 525. The fourth-order valence-electron chi connectivity index (χ4n) is 1.72. The summed E-state index contributed by atoms with van der Waals surface area (Å²) in [4.78, 5) is 12.7. The number of carbonyl (C=O) groups is 1. The first kappa shape index (κ1) is 13.5. The van der Waals surface area contributed by atoms with Gasteiger partial charge in [0.2, 0.25) is 0 Å². The van der Waals surface area contributed by atoms with E-state index in [0.717, 1.165) is 12.8 Å². The number of amides is 1. The van der Waals surface area contributed by atoms with Gasteiger partial charge in [-0.1, -0.05) is 18.6 Å². The van der Waals surface area contributed by atoms with Crippen molar-refractivity contribution >= 4 is 17.2 Å². The third-order valence-corrected chi connectivity index (χ3v) is 3.51. The molecule has 102 valence electrons. The second kappa shape index (κ2) is 6.28. The number of methoxy groups -OCH3 is 1. The SMILES string of the molecule is CCC[C@@H](NC(=O)c1sccc1OC)c1nn[nH]n1. The van der Waals surface area contributed by atoms with Crippen LogP contribution in [-0.2, 0) is 0 Å². The smallest absolute Gasteiger partial charge is 0.265 e. The number of carbonyl (C=O) groups excluding carboxylic acids is 1. The highest BCUT2D eigenvalue weighted by Gasteiger charge is 2.21. The zero-order chi connectivity index (χ0) is 13.7. The number of rotatable bonds is 6. The van der Waals surface area contributed by atoms with E-state index in [9.17, 15) is 4.79 Å². The van der Waals surface area contributed by atoms with Crippen LogP contribution in [0.3, 0.4) is 0 Å². The Morgan fingerprint density at radius 3 is 3.11 bits per heavy atom. The number of H-pyrrole nitrogens is 1. The molecule has 2 aromatic heterocycles. The van der Waals surface area contributed by atoms with E-state index in [0.29, 0.717) is 16.5 Å². The lowest BCUT2D eigenvalue weighted by atomic mass is 10.1. The first-order valence-electron chi connectivity index (χ1n) is 5.92. The molecule has 0 fully saturated rings. The summed E-state index contributed by atoms with van der Waals surface area (Å²) >= 11 is 1.34. The molecule has 0 aromatic carbocycles. The topological polar surface area (TPSA) is 92.8 Å². The summed E-state index contributed by atoms with van der Waals surface area (Å²) in [6.45, 7) is 2.03. The molecule has 0 bridgehead atoms. The van der Waals surface area contributed by atoms with Crippen LogP contribution in [0.1, 0.15) is 41.3 Å². The minimum atomic E-state index is -0.247. The molecule has 0 aliphatic carbocycles. The largest absolute Gasteiger partial charge is 0.495 e. The molecule has 2 rings (SSSR count). The van der Waals surface area contributed by atoms with Crippen LogP contribution < -0.4 is 10.1 Å². The van der Waals surface area contributed by atoms with Crippen LogP contribution >= 0.6 is 11.3 Å². The van der Waals surface area contributed by atoms with Gasteiger partial charge in [0.05, 0.1) is 13.2 Å². The summed E-state index contributed by atoms with van der Waals surface area (Å²) in [6, 6.07) is 1.52. The molecule has 2 heterocycles. The number of thiophene rings is 1. The highest BCUT2D eigenvalue weighted by atomic mass is 32.1. The van der Waals surface area contributed by atoms with Crippen molar-refractivity contribution in [2.24, 2.45) is 0 Å². The molecular weight excluding hydrogens is 266 g/mol. The predicted molar refractivity (Wildman–Crippen MR) is 70.2 cm³/mol. The number of aromatic nitrogens is 4. The van der Waals surface area contributed by atoms with Crippen LogP contribution in [0.5, 0.6) is 5.75 Å². The van der Waals surface area contributed by atoms with Crippen LogP contribution in [0, 0.1) is 0 Å². The molecule has 1 amide bonds. The fraction of sp³-hybridized carbons (Fsp3) is 0.455. The predicted octanol–water partition coefficient (Wildman–Crippen LogP) is 1.54. The number of nitrogens with one attached hydrogen (secondary N) is 2. The Morgan fingerprint density at radius 1 is 1.63 bits per heavy atom. The Balaban J connectivity index is 2.11. The van der Waals surface area contributed by atoms with Gasteiger partial charge >= 0.3 is 0 Å². The van der Waals surface area contributed by atoms with Crippen LogP contribution in [0.2, 0.25) is 0 Å². The molecule has 19 heavy (non-hydrogen) atoms. The van der Waals surface area contributed by atoms with E-state index in [2.05, 4.69) is 25.9 Å². The molecule has 2 N–H and O–H groups in total. The number of hydrogen-bond acceptors (Lipinski definition) is 6. The lowest BCUT2D eigenvalue weighted by molar-refractivity contribution is 0.0934. The normalized spacial score (nSPS) is 12.1. The molecule has 1 atom stereocenters. The molecule has 8 heteroatoms. The average Bonchev–Trinajstić information content (AvgIpc) is 3.09. The van der Waals surface area contributed by atoms with E-state index in [1.807, 2.05) is 12.3 Å². The van der Waals surface area contributed by atoms with E-state index in [1.165, 1.54) is 11.3 Å². The molecular formula is C11H15N5O2S. The Kier molecular flexibility index (Phi) is 4.45. The Labute approximate surface area is 114 Å². The number of hydrogen-bond donors (Lipinski definition) is 2. The van der Waals surface area contributed by atoms with Gasteiger partial charge in [-0.15, -0.1) is 21.5 Å². The van der Waals surface area contributed by atoms with Crippen molar-refractivity contribution in [3.8, 4) is 5.75 Å². The molecule has 0 unspecified atom stereocenters. The maximum absolute atomic E-state index is 12.2. The van der Waals surface area contributed by atoms with E-state index in [-0.39, 0.29) is 11.9 Å². The van der Waals surface area contributed by atoms with Crippen LogP contribution in [-0.4, -0.2) is 33.6 Å². The van der Waals surface area contributed by atoms with Crippen molar-refractivity contribution in [3.05, 3.63) is 22.1 Å². The van der Waals surface area contributed by atoms with Gasteiger partial charge in [-0.2, -0.15) is 5.21 Å². The van der Waals surface area contributed by atoms with Gasteiger partial charge in [-0.3, -0.25) is 4.79 Å².